The highest BCUT2D eigenvalue weighted by Crippen LogP contribution is 2.26. The lowest BCUT2D eigenvalue weighted by Crippen LogP contribution is -2.40. The molecule has 0 radical (unpaired) electrons. The van der Waals surface area contributed by atoms with E-state index >= 15 is 0 Å². The van der Waals surface area contributed by atoms with Gasteiger partial charge in [0.1, 0.15) is 12.4 Å². The Hall–Kier alpha value is -2.01. The fourth-order valence-electron chi connectivity index (χ4n) is 3.35. The monoisotopic (exact) mass is 538 g/mol. The van der Waals surface area contributed by atoms with E-state index in [0.29, 0.717) is 24.0 Å². The van der Waals surface area contributed by atoms with Crippen molar-refractivity contribution in [2.45, 2.75) is 24.8 Å². The molecule has 1 fully saturated rings. The van der Waals surface area contributed by atoms with Gasteiger partial charge in [-0.3, -0.25) is 5.10 Å². The molecule has 1 unspecified atom stereocenters. The van der Waals surface area contributed by atoms with Crippen molar-refractivity contribution in [3.63, 3.8) is 0 Å². The van der Waals surface area contributed by atoms with Gasteiger partial charge in [-0.1, -0.05) is 18.2 Å². The second-order valence-electron chi connectivity index (χ2n) is 6.98. The van der Waals surface area contributed by atoms with E-state index in [2.05, 4.69) is 62.7 Å². The maximum Gasteiger partial charge on any atom is 0.216 e. The summed E-state index contributed by atoms with van der Waals surface area (Å²) in [5, 5.41) is 10.6. The fourth-order valence-corrected chi connectivity index (χ4v) is 4.40. The molecular formula is C21H27IN6OS. The molecule has 9 heteroatoms. The summed E-state index contributed by atoms with van der Waals surface area (Å²) in [6.07, 6.45) is 2.81. The molecule has 3 aromatic rings. The van der Waals surface area contributed by atoms with Crippen molar-refractivity contribution in [3.05, 3.63) is 54.6 Å². The quantitative estimate of drug-likeness (QED) is 0.203. The maximum atomic E-state index is 5.34. The molecule has 3 heterocycles. The number of aliphatic imine (C=N–C) groups is 1. The first-order valence-corrected chi connectivity index (χ1v) is 11.0. The van der Waals surface area contributed by atoms with Crippen molar-refractivity contribution in [1.29, 1.82) is 0 Å². The maximum absolute atomic E-state index is 5.34. The molecule has 1 aliphatic heterocycles. The summed E-state index contributed by atoms with van der Waals surface area (Å²) >= 11 is 1.94. The zero-order chi connectivity index (χ0) is 19.9. The average molecular weight is 538 g/mol. The van der Waals surface area contributed by atoms with Gasteiger partial charge in [0, 0.05) is 30.3 Å². The van der Waals surface area contributed by atoms with Gasteiger partial charge in [0.05, 0.1) is 6.26 Å². The first kappa shape index (κ1) is 22.7. The van der Waals surface area contributed by atoms with Gasteiger partial charge in [-0.15, -0.1) is 40.8 Å². The number of benzene rings is 1. The second-order valence-corrected chi connectivity index (χ2v) is 8.07. The molecule has 2 aromatic heterocycles. The molecule has 1 aromatic carbocycles. The van der Waals surface area contributed by atoms with Crippen molar-refractivity contribution in [3.8, 4) is 11.6 Å². The van der Waals surface area contributed by atoms with E-state index in [1.165, 1.54) is 11.3 Å². The van der Waals surface area contributed by atoms with Crippen LogP contribution in [0.4, 0.5) is 0 Å². The summed E-state index contributed by atoms with van der Waals surface area (Å²) in [5.41, 5.74) is 0. The molecule has 4 rings (SSSR count). The third kappa shape index (κ3) is 6.00. The molecule has 1 aliphatic rings. The van der Waals surface area contributed by atoms with E-state index in [-0.39, 0.29) is 24.0 Å². The van der Waals surface area contributed by atoms with Gasteiger partial charge >= 0.3 is 0 Å². The smallest absolute Gasteiger partial charge is 0.216 e. The van der Waals surface area contributed by atoms with Crippen molar-refractivity contribution < 1.29 is 4.42 Å². The summed E-state index contributed by atoms with van der Waals surface area (Å²) in [6.45, 7) is 5.44. The Kier molecular flexibility index (Phi) is 8.61. The van der Waals surface area contributed by atoms with Crippen LogP contribution >= 0.6 is 35.7 Å². The summed E-state index contributed by atoms with van der Waals surface area (Å²) in [5.74, 6) is 4.68. The molecule has 1 saturated heterocycles. The van der Waals surface area contributed by atoms with Crippen molar-refractivity contribution in [2.24, 2.45) is 10.9 Å². The van der Waals surface area contributed by atoms with Crippen LogP contribution < -0.4 is 5.32 Å². The summed E-state index contributed by atoms with van der Waals surface area (Å²) in [4.78, 5) is 12.9. The number of H-pyrrole nitrogens is 1. The molecular weight excluding hydrogens is 511 g/mol. The van der Waals surface area contributed by atoms with Gasteiger partial charge in [0.2, 0.25) is 5.82 Å². The first-order valence-electron chi connectivity index (χ1n) is 9.98. The topological polar surface area (TPSA) is 82.3 Å². The predicted molar refractivity (Wildman–Crippen MR) is 131 cm³/mol. The van der Waals surface area contributed by atoms with Gasteiger partial charge in [-0.05, 0) is 43.5 Å². The number of nitrogens with one attached hydrogen (secondary N) is 2. The Balaban J connectivity index is 0.00000256. The molecule has 1 atom stereocenters. The Morgan fingerprint density at radius 3 is 2.93 bits per heavy atom. The number of thioether (sulfide) groups is 1. The Morgan fingerprint density at radius 1 is 1.30 bits per heavy atom. The van der Waals surface area contributed by atoms with Crippen molar-refractivity contribution in [2.75, 3.05) is 25.4 Å². The van der Waals surface area contributed by atoms with E-state index in [0.717, 1.165) is 37.2 Å². The Labute approximate surface area is 198 Å². The highest BCUT2D eigenvalue weighted by atomic mass is 127. The molecule has 0 amide bonds. The van der Waals surface area contributed by atoms with Crippen molar-refractivity contribution in [1.82, 2.24) is 25.4 Å². The van der Waals surface area contributed by atoms with Crippen LogP contribution in [0.5, 0.6) is 0 Å². The van der Waals surface area contributed by atoms with Crippen LogP contribution in [0.2, 0.25) is 0 Å². The van der Waals surface area contributed by atoms with Gasteiger partial charge < -0.3 is 14.6 Å². The SMILES string of the molecule is CCNC(=NCc1nc(-c2ccco2)n[nH]1)N1CCC(CSc2ccccc2)C1.I. The van der Waals surface area contributed by atoms with Crippen LogP contribution in [0.25, 0.3) is 11.6 Å². The number of hydrogen-bond acceptors (Lipinski definition) is 5. The molecule has 0 spiro atoms. The third-order valence-corrected chi connectivity index (χ3v) is 6.04. The predicted octanol–water partition coefficient (Wildman–Crippen LogP) is 4.26. The molecule has 7 nitrogen and oxygen atoms in total. The van der Waals surface area contributed by atoms with Crippen LogP contribution in [0.15, 0.2) is 63.0 Å². The highest BCUT2D eigenvalue weighted by Gasteiger charge is 2.25. The molecule has 0 aliphatic carbocycles. The largest absolute Gasteiger partial charge is 0.461 e. The highest BCUT2D eigenvalue weighted by molar-refractivity contribution is 14.0. The number of guanidine groups is 1. The summed E-state index contributed by atoms with van der Waals surface area (Å²) < 4.78 is 5.34. The fraction of sp³-hybridized carbons (Fsp3) is 0.381. The van der Waals surface area contributed by atoms with Crippen LogP contribution in [0.1, 0.15) is 19.2 Å². The van der Waals surface area contributed by atoms with E-state index in [4.69, 9.17) is 9.41 Å². The van der Waals surface area contributed by atoms with Crippen LogP contribution in [0.3, 0.4) is 0 Å². The lowest BCUT2D eigenvalue weighted by Gasteiger charge is -2.21. The van der Waals surface area contributed by atoms with Crippen LogP contribution in [-0.2, 0) is 6.54 Å². The van der Waals surface area contributed by atoms with E-state index in [9.17, 15) is 0 Å². The normalized spacial score (nSPS) is 16.5. The minimum absolute atomic E-state index is 0. The number of nitrogens with zero attached hydrogens (tertiary/aromatic N) is 4. The molecule has 0 saturated carbocycles. The standard InChI is InChI=1S/C21H26N6OS.HI/c1-2-22-21(23-13-19-24-20(26-25-19)18-9-6-12-28-18)27-11-10-16(14-27)15-29-17-7-4-3-5-8-17;/h3-9,12,16H,2,10-11,13-15H2,1H3,(H,22,23)(H,24,25,26);1H. The zero-order valence-electron chi connectivity index (χ0n) is 17.0. The van der Waals surface area contributed by atoms with E-state index in [1.54, 1.807) is 6.26 Å². The molecule has 2 N–H and O–H groups in total. The molecule has 160 valence electrons. The summed E-state index contributed by atoms with van der Waals surface area (Å²) in [7, 11) is 0. The minimum atomic E-state index is 0. The number of aromatic amines is 1. The minimum Gasteiger partial charge on any atom is -0.461 e. The second kappa shape index (κ2) is 11.4. The first-order chi connectivity index (χ1) is 14.3. The van der Waals surface area contributed by atoms with Crippen LogP contribution in [0, 0.1) is 5.92 Å². The Morgan fingerprint density at radius 2 is 2.17 bits per heavy atom. The average Bonchev–Trinajstić information content (AvgIpc) is 3.52. The van der Waals surface area contributed by atoms with Gasteiger partial charge in [0.15, 0.2) is 11.7 Å². The Bertz CT molecular complexity index is 915. The van der Waals surface area contributed by atoms with E-state index < -0.39 is 0 Å². The number of likely N-dealkylation sites (tertiary alicyclic amines) is 1. The number of rotatable bonds is 7. The third-order valence-electron chi connectivity index (χ3n) is 4.80. The van der Waals surface area contributed by atoms with Gasteiger partial charge in [-0.2, -0.15) is 0 Å². The number of halogens is 1. The zero-order valence-corrected chi connectivity index (χ0v) is 20.1. The number of aromatic nitrogens is 3. The van der Waals surface area contributed by atoms with Gasteiger partial charge in [0.25, 0.3) is 0 Å². The number of furan rings is 1. The lowest BCUT2D eigenvalue weighted by molar-refractivity contribution is 0.474. The number of hydrogen-bond donors (Lipinski definition) is 2. The molecule has 0 bridgehead atoms. The summed E-state index contributed by atoms with van der Waals surface area (Å²) in [6, 6.07) is 14.3. The van der Waals surface area contributed by atoms with Gasteiger partial charge in [-0.25, -0.2) is 9.98 Å². The lowest BCUT2D eigenvalue weighted by atomic mass is 10.2. The van der Waals surface area contributed by atoms with Crippen LogP contribution in [-0.4, -0.2) is 51.4 Å². The van der Waals surface area contributed by atoms with E-state index in [1.807, 2.05) is 23.9 Å². The van der Waals surface area contributed by atoms with Crippen molar-refractivity contribution >= 4 is 41.7 Å². The molecule has 30 heavy (non-hydrogen) atoms.